The van der Waals surface area contributed by atoms with Gasteiger partial charge in [-0.25, -0.2) is 8.78 Å². The van der Waals surface area contributed by atoms with Gasteiger partial charge >= 0.3 is 0 Å². The summed E-state index contributed by atoms with van der Waals surface area (Å²) in [5.41, 5.74) is 4.90. The fraction of sp³-hybridized carbons (Fsp3) is 0.294. The number of nitrogens with one attached hydrogen (secondary N) is 1. The third-order valence-corrected chi connectivity index (χ3v) is 4.24. The van der Waals surface area contributed by atoms with Crippen molar-refractivity contribution in [1.82, 2.24) is 5.43 Å². The highest BCUT2D eigenvalue weighted by molar-refractivity contribution is 5.28. The number of hydrogen-bond donors (Lipinski definition) is 2. The highest BCUT2D eigenvalue weighted by Crippen LogP contribution is 2.49. The van der Waals surface area contributed by atoms with E-state index >= 15 is 0 Å². The Morgan fingerprint density at radius 1 is 1.10 bits per heavy atom. The van der Waals surface area contributed by atoms with Crippen molar-refractivity contribution >= 4 is 0 Å². The maximum Gasteiger partial charge on any atom is 0.159 e. The molecule has 0 spiro atoms. The van der Waals surface area contributed by atoms with Crippen LogP contribution in [0.4, 0.5) is 8.78 Å². The number of nitrogens with two attached hydrogens (primary N) is 1. The third kappa shape index (κ3) is 3.12. The molecular formula is C17H18F2N2. The zero-order valence-electron chi connectivity index (χ0n) is 11.6. The van der Waals surface area contributed by atoms with Gasteiger partial charge in [0.2, 0.25) is 0 Å². The molecule has 110 valence electrons. The molecule has 3 rings (SSSR count). The lowest BCUT2D eigenvalue weighted by atomic mass is 9.99. The first-order valence-electron chi connectivity index (χ1n) is 7.14. The lowest BCUT2D eigenvalue weighted by Gasteiger charge is -2.16. The molecule has 2 aromatic rings. The molecule has 1 saturated carbocycles. The molecule has 1 fully saturated rings. The van der Waals surface area contributed by atoms with Crippen LogP contribution in [0, 0.1) is 17.6 Å². The molecule has 3 unspecified atom stereocenters. The molecule has 0 aliphatic heterocycles. The van der Waals surface area contributed by atoms with Gasteiger partial charge in [0.15, 0.2) is 11.6 Å². The highest BCUT2D eigenvalue weighted by Gasteiger charge is 2.43. The van der Waals surface area contributed by atoms with Gasteiger partial charge in [-0.05, 0) is 47.9 Å². The Balaban J connectivity index is 1.68. The molecule has 1 aliphatic rings. The smallest absolute Gasteiger partial charge is 0.159 e. The second kappa shape index (κ2) is 5.92. The van der Waals surface area contributed by atoms with E-state index in [2.05, 4.69) is 17.6 Å². The SMILES string of the molecule is NNC(Cc1ccc(F)c(F)c1)C1CC1c1ccccc1. The van der Waals surface area contributed by atoms with E-state index in [0.29, 0.717) is 18.3 Å². The van der Waals surface area contributed by atoms with Crippen molar-refractivity contribution in [3.63, 3.8) is 0 Å². The average Bonchev–Trinajstić information content (AvgIpc) is 3.30. The van der Waals surface area contributed by atoms with Crippen LogP contribution in [0.25, 0.3) is 0 Å². The first-order chi connectivity index (χ1) is 10.2. The summed E-state index contributed by atoms with van der Waals surface area (Å²) in [7, 11) is 0. The van der Waals surface area contributed by atoms with Crippen LogP contribution in [0.1, 0.15) is 23.5 Å². The van der Waals surface area contributed by atoms with E-state index < -0.39 is 11.6 Å². The summed E-state index contributed by atoms with van der Waals surface area (Å²) in [6, 6.07) is 14.4. The molecule has 2 nitrogen and oxygen atoms in total. The van der Waals surface area contributed by atoms with Crippen molar-refractivity contribution in [3.8, 4) is 0 Å². The Hall–Kier alpha value is -1.78. The monoisotopic (exact) mass is 288 g/mol. The molecule has 3 N–H and O–H groups in total. The second-order valence-corrected chi connectivity index (χ2v) is 5.64. The first-order valence-corrected chi connectivity index (χ1v) is 7.14. The molecule has 0 radical (unpaired) electrons. The van der Waals surface area contributed by atoms with E-state index in [1.807, 2.05) is 18.2 Å². The first kappa shape index (κ1) is 14.2. The van der Waals surface area contributed by atoms with Crippen LogP contribution < -0.4 is 11.3 Å². The van der Waals surface area contributed by atoms with Gasteiger partial charge < -0.3 is 0 Å². The molecular weight excluding hydrogens is 270 g/mol. The Morgan fingerprint density at radius 3 is 2.52 bits per heavy atom. The van der Waals surface area contributed by atoms with Gasteiger partial charge in [0, 0.05) is 6.04 Å². The van der Waals surface area contributed by atoms with Crippen molar-refractivity contribution in [3.05, 3.63) is 71.3 Å². The average molecular weight is 288 g/mol. The molecule has 0 saturated heterocycles. The minimum atomic E-state index is -0.815. The summed E-state index contributed by atoms with van der Waals surface area (Å²) < 4.78 is 26.2. The second-order valence-electron chi connectivity index (χ2n) is 5.64. The van der Waals surface area contributed by atoms with Crippen molar-refractivity contribution < 1.29 is 8.78 Å². The fourth-order valence-electron chi connectivity index (χ4n) is 3.00. The predicted octanol–water partition coefficient (Wildman–Crippen LogP) is 3.14. The highest BCUT2D eigenvalue weighted by atomic mass is 19.2. The molecule has 21 heavy (non-hydrogen) atoms. The van der Waals surface area contributed by atoms with E-state index in [9.17, 15) is 8.78 Å². The Bertz CT molecular complexity index is 615. The van der Waals surface area contributed by atoms with Crippen LogP contribution >= 0.6 is 0 Å². The van der Waals surface area contributed by atoms with Gasteiger partial charge in [0.1, 0.15) is 0 Å². The number of benzene rings is 2. The summed E-state index contributed by atoms with van der Waals surface area (Å²) in [6.07, 6.45) is 1.67. The summed E-state index contributed by atoms with van der Waals surface area (Å²) in [4.78, 5) is 0. The summed E-state index contributed by atoms with van der Waals surface area (Å²) in [6.45, 7) is 0. The van der Waals surface area contributed by atoms with Crippen LogP contribution in [-0.4, -0.2) is 6.04 Å². The van der Waals surface area contributed by atoms with E-state index in [1.165, 1.54) is 17.7 Å². The number of halogens is 2. The van der Waals surface area contributed by atoms with Gasteiger partial charge in [0.05, 0.1) is 0 Å². The lowest BCUT2D eigenvalue weighted by molar-refractivity contribution is 0.460. The Labute approximate surface area is 122 Å². The molecule has 3 atom stereocenters. The zero-order chi connectivity index (χ0) is 14.8. The van der Waals surface area contributed by atoms with E-state index in [4.69, 9.17) is 5.84 Å². The largest absolute Gasteiger partial charge is 0.271 e. The molecule has 4 heteroatoms. The minimum Gasteiger partial charge on any atom is -0.271 e. The Morgan fingerprint density at radius 2 is 1.86 bits per heavy atom. The number of hydrazine groups is 1. The zero-order valence-corrected chi connectivity index (χ0v) is 11.6. The quantitative estimate of drug-likeness (QED) is 0.655. The number of hydrogen-bond acceptors (Lipinski definition) is 2. The molecule has 0 bridgehead atoms. The van der Waals surface area contributed by atoms with Crippen molar-refractivity contribution in [2.24, 2.45) is 11.8 Å². The maximum absolute atomic E-state index is 13.3. The summed E-state index contributed by atoms with van der Waals surface area (Å²) in [5.74, 6) is 4.96. The standard InChI is InChI=1S/C17H18F2N2/c18-15-7-6-11(8-16(15)19)9-17(21-20)14-10-13(14)12-4-2-1-3-5-12/h1-8,13-14,17,21H,9-10,20H2. The van der Waals surface area contributed by atoms with Crippen molar-refractivity contribution in [1.29, 1.82) is 0 Å². The third-order valence-electron chi connectivity index (χ3n) is 4.24. The van der Waals surface area contributed by atoms with Gasteiger partial charge in [-0.1, -0.05) is 36.4 Å². The molecule has 1 aliphatic carbocycles. The topological polar surface area (TPSA) is 38.0 Å². The van der Waals surface area contributed by atoms with Crippen LogP contribution in [0.3, 0.4) is 0 Å². The summed E-state index contributed by atoms with van der Waals surface area (Å²) >= 11 is 0. The van der Waals surface area contributed by atoms with Gasteiger partial charge in [-0.15, -0.1) is 0 Å². The van der Waals surface area contributed by atoms with Gasteiger partial charge in [-0.3, -0.25) is 11.3 Å². The fourth-order valence-corrected chi connectivity index (χ4v) is 3.00. The Kier molecular flexibility index (Phi) is 3.99. The van der Waals surface area contributed by atoms with Crippen LogP contribution in [-0.2, 0) is 6.42 Å². The minimum absolute atomic E-state index is 0.0695. The molecule has 0 heterocycles. The number of rotatable bonds is 5. The molecule has 2 aromatic carbocycles. The van der Waals surface area contributed by atoms with Crippen LogP contribution in [0.2, 0.25) is 0 Å². The van der Waals surface area contributed by atoms with Crippen molar-refractivity contribution in [2.75, 3.05) is 0 Å². The van der Waals surface area contributed by atoms with Crippen LogP contribution in [0.5, 0.6) is 0 Å². The van der Waals surface area contributed by atoms with E-state index in [-0.39, 0.29) is 6.04 Å². The molecule has 0 amide bonds. The molecule has 0 aromatic heterocycles. The van der Waals surface area contributed by atoms with Gasteiger partial charge in [0.25, 0.3) is 0 Å². The normalized spacial score (nSPS) is 22.0. The van der Waals surface area contributed by atoms with E-state index in [1.54, 1.807) is 6.07 Å². The van der Waals surface area contributed by atoms with Crippen molar-refractivity contribution in [2.45, 2.75) is 24.8 Å². The summed E-state index contributed by atoms with van der Waals surface area (Å²) in [5, 5.41) is 0. The lowest BCUT2D eigenvalue weighted by Crippen LogP contribution is -2.38. The predicted molar refractivity (Wildman–Crippen MR) is 78.5 cm³/mol. The van der Waals surface area contributed by atoms with Gasteiger partial charge in [-0.2, -0.15) is 0 Å². The van der Waals surface area contributed by atoms with Crippen LogP contribution in [0.15, 0.2) is 48.5 Å². The maximum atomic E-state index is 13.3. The van der Waals surface area contributed by atoms with E-state index in [0.717, 1.165) is 12.0 Å².